The van der Waals surface area contributed by atoms with Crippen molar-refractivity contribution in [1.29, 1.82) is 0 Å². The number of hydrogen-bond donors (Lipinski definition) is 3. The maximum absolute atomic E-state index is 12.5. The first-order valence-corrected chi connectivity index (χ1v) is 10.1. The SMILES string of the molecule is CC(C)[C@H](NC(=O)C(Cc1ccc(N(CCCl)CCCl)cc1)NC=O)C(=O)O. The largest absolute Gasteiger partial charge is 0.480 e. The molecular weight excluding hydrogens is 405 g/mol. The predicted octanol–water partition coefficient (Wildman–Crippen LogP) is 1.85. The molecule has 9 heteroatoms. The van der Waals surface area contributed by atoms with Gasteiger partial charge in [-0.1, -0.05) is 26.0 Å². The van der Waals surface area contributed by atoms with Gasteiger partial charge in [-0.3, -0.25) is 9.59 Å². The number of carbonyl (C=O) groups is 3. The standard InChI is InChI=1S/C19H27Cl2N3O4/c1-13(2)17(19(27)28)23-18(26)16(22-12-25)11-14-3-5-15(6-4-14)24(9-7-20)10-8-21/h3-6,12-13,16-17H,7-11H2,1-2H3,(H,22,25)(H,23,26)(H,27,28)/t16?,17-/m0/s1. The van der Waals surface area contributed by atoms with Gasteiger partial charge in [0.2, 0.25) is 12.3 Å². The number of hydrogen-bond acceptors (Lipinski definition) is 4. The summed E-state index contributed by atoms with van der Waals surface area (Å²) in [4.78, 5) is 36.7. The maximum Gasteiger partial charge on any atom is 0.326 e. The first-order valence-electron chi connectivity index (χ1n) is 9.02. The van der Waals surface area contributed by atoms with E-state index < -0.39 is 24.0 Å². The lowest BCUT2D eigenvalue weighted by Gasteiger charge is -2.24. The highest BCUT2D eigenvalue weighted by Crippen LogP contribution is 2.17. The molecule has 0 aromatic heterocycles. The lowest BCUT2D eigenvalue weighted by molar-refractivity contribution is -0.143. The zero-order chi connectivity index (χ0) is 21.1. The third-order valence-corrected chi connectivity index (χ3v) is 4.60. The first-order chi connectivity index (χ1) is 13.3. The number of carbonyl (C=O) groups excluding carboxylic acids is 2. The molecule has 3 N–H and O–H groups in total. The van der Waals surface area contributed by atoms with Gasteiger partial charge in [0.15, 0.2) is 0 Å². The van der Waals surface area contributed by atoms with Crippen LogP contribution in [0.5, 0.6) is 0 Å². The van der Waals surface area contributed by atoms with Crippen LogP contribution in [0.25, 0.3) is 0 Å². The van der Waals surface area contributed by atoms with Gasteiger partial charge in [0.05, 0.1) is 0 Å². The lowest BCUT2D eigenvalue weighted by atomic mass is 10.0. The Labute approximate surface area is 175 Å². The van der Waals surface area contributed by atoms with Crippen LogP contribution in [-0.4, -0.2) is 60.3 Å². The first kappa shape index (κ1) is 24.0. The third-order valence-electron chi connectivity index (χ3n) is 4.27. The fourth-order valence-corrected chi connectivity index (χ4v) is 3.14. The van der Waals surface area contributed by atoms with Crippen molar-refractivity contribution in [2.24, 2.45) is 5.92 Å². The van der Waals surface area contributed by atoms with E-state index in [4.69, 9.17) is 23.2 Å². The molecule has 2 amide bonds. The number of carboxylic acid groups (broad SMARTS) is 1. The molecular formula is C19H27Cl2N3O4. The summed E-state index contributed by atoms with van der Waals surface area (Å²) in [6.45, 7) is 4.73. The smallest absolute Gasteiger partial charge is 0.326 e. The van der Waals surface area contributed by atoms with Gasteiger partial charge in [-0.15, -0.1) is 23.2 Å². The fraction of sp³-hybridized carbons (Fsp3) is 0.526. The molecule has 0 fully saturated rings. The second-order valence-corrected chi connectivity index (χ2v) is 7.40. The van der Waals surface area contributed by atoms with Crippen molar-refractivity contribution in [2.45, 2.75) is 32.4 Å². The monoisotopic (exact) mass is 431 g/mol. The molecule has 2 atom stereocenters. The molecule has 156 valence electrons. The topological polar surface area (TPSA) is 98.7 Å². The van der Waals surface area contributed by atoms with Crippen LogP contribution >= 0.6 is 23.2 Å². The zero-order valence-electron chi connectivity index (χ0n) is 16.0. The van der Waals surface area contributed by atoms with E-state index in [-0.39, 0.29) is 12.3 Å². The Balaban J connectivity index is 2.86. The fourth-order valence-electron chi connectivity index (χ4n) is 2.73. The summed E-state index contributed by atoms with van der Waals surface area (Å²) in [5.41, 5.74) is 1.78. The summed E-state index contributed by atoms with van der Waals surface area (Å²) in [7, 11) is 0. The minimum absolute atomic E-state index is 0.236. The van der Waals surface area contributed by atoms with Gasteiger partial charge in [0.1, 0.15) is 12.1 Å². The molecule has 0 spiro atoms. The number of anilines is 1. The summed E-state index contributed by atoms with van der Waals surface area (Å²) in [5, 5.41) is 14.2. The molecule has 0 radical (unpaired) electrons. The summed E-state index contributed by atoms with van der Waals surface area (Å²) >= 11 is 11.7. The highest BCUT2D eigenvalue weighted by atomic mass is 35.5. The average Bonchev–Trinajstić information content (AvgIpc) is 2.65. The lowest BCUT2D eigenvalue weighted by Crippen LogP contribution is -2.52. The van der Waals surface area contributed by atoms with Crippen molar-refractivity contribution < 1.29 is 19.5 Å². The van der Waals surface area contributed by atoms with Gasteiger partial charge in [-0.25, -0.2) is 4.79 Å². The predicted molar refractivity (Wildman–Crippen MR) is 111 cm³/mol. The number of aliphatic carboxylic acids is 1. The van der Waals surface area contributed by atoms with Gasteiger partial charge < -0.3 is 20.6 Å². The second-order valence-electron chi connectivity index (χ2n) is 6.64. The minimum Gasteiger partial charge on any atom is -0.480 e. The number of carboxylic acids is 1. The van der Waals surface area contributed by atoms with Crippen molar-refractivity contribution in [3.05, 3.63) is 29.8 Å². The molecule has 1 aromatic carbocycles. The Morgan fingerprint density at radius 1 is 1.14 bits per heavy atom. The number of alkyl halides is 2. The van der Waals surface area contributed by atoms with E-state index in [1.54, 1.807) is 13.8 Å². The molecule has 1 rings (SSSR count). The summed E-state index contributed by atoms with van der Waals surface area (Å²) in [6, 6.07) is 5.62. The molecule has 1 unspecified atom stereocenters. The van der Waals surface area contributed by atoms with Gasteiger partial charge in [0, 0.05) is 37.0 Å². The quantitative estimate of drug-likeness (QED) is 0.327. The van der Waals surface area contributed by atoms with Crippen LogP contribution in [0.1, 0.15) is 19.4 Å². The van der Waals surface area contributed by atoms with E-state index >= 15 is 0 Å². The van der Waals surface area contributed by atoms with Crippen molar-refractivity contribution in [3.63, 3.8) is 0 Å². The minimum atomic E-state index is -1.11. The number of amides is 2. The summed E-state index contributed by atoms with van der Waals surface area (Å²) in [5.74, 6) is -0.984. The maximum atomic E-state index is 12.5. The van der Waals surface area contributed by atoms with Crippen LogP contribution in [0.4, 0.5) is 5.69 Å². The van der Waals surface area contributed by atoms with Gasteiger partial charge in [0.25, 0.3) is 0 Å². The Morgan fingerprint density at radius 2 is 1.71 bits per heavy atom. The van der Waals surface area contributed by atoms with E-state index in [0.29, 0.717) is 31.3 Å². The molecule has 0 aliphatic heterocycles. The zero-order valence-corrected chi connectivity index (χ0v) is 17.5. The number of halogens is 2. The van der Waals surface area contributed by atoms with Crippen molar-refractivity contribution in [2.75, 3.05) is 29.7 Å². The van der Waals surface area contributed by atoms with E-state index in [1.807, 2.05) is 24.3 Å². The van der Waals surface area contributed by atoms with Gasteiger partial charge >= 0.3 is 5.97 Å². The van der Waals surface area contributed by atoms with E-state index in [0.717, 1.165) is 11.3 Å². The highest BCUT2D eigenvalue weighted by Gasteiger charge is 2.27. The Bertz CT molecular complexity index is 635. The normalized spacial score (nSPS) is 12.9. The van der Waals surface area contributed by atoms with Crippen LogP contribution in [0.3, 0.4) is 0 Å². The Hall–Kier alpha value is -1.99. The molecule has 0 heterocycles. The second kappa shape index (κ2) is 12.5. The molecule has 0 aliphatic carbocycles. The highest BCUT2D eigenvalue weighted by molar-refractivity contribution is 6.18. The van der Waals surface area contributed by atoms with Crippen LogP contribution in [0.15, 0.2) is 24.3 Å². The van der Waals surface area contributed by atoms with Crippen LogP contribution < -0.4 is 15.5 Å². The van der Waals surface area contributed by atoms with Gasteiger partial charge in [-0.2, -0.15) is 0 Å². The van der Waals surface area contributed by atoms with Crippen molar-refractivity contribution >= 4 is 47.2 Å². The molecule has 0 bridgehead atoms. The number of rotatable bonds is 13. The average molecular weight is 432 g/mol. The van der Waals surface area contributed by atoms with Gasteiger partial charge in [-0.05, 0) is 23.6 Å². The van der Waals surface area contributed by atoms with E-state index in [2.05, 4.69) is 15.5 Å². The van der Waals surface area contributed by atoms with Crippen molar-refractivity contribution in [3.8, 4) is 0 Å². The van der Waals surface area contributed by atoms with E-state index in [1.165, 1.54) is 0 Å². The molecule has 28 heavy (non-hydrogen) atoms. The number of nitrogens with zero attached hydrogens (tertiary/aromatic N) is 1. The number of benzene rings is 1. The molecule has 0 saturated heterocycles. The third kappa shape index (κ3) is 7.56. The van der Waals surface area contributed by atoms with Crippen LogP contribution in [0.2, 0.25) is 0 Å². The molecule has 7 nitrogen and oxygen atoms in total. The molecule has 0 aliphatic rings. The molecule has 1 aromatic rings. The van der Waals surface area contributed by atoms with Crippen LogP contribution in [0, 0.1) is 5.92 Å². The van der Waals surface area contributed by atoms with Crippen LogP contribution in [-0.2, 0) is 20.8 Å². The van der Waals surface area contributed by atoms with Crippen molar-refractivity contribution in [1.82, 2.24) is 10.6 Å². The summed E-state index contributed by atoms with van der Waals surface area (Å²) < 4.78 is 0. The Kier molecular flexibility index (Phi) is 10.7. The van der Waals surface area contributed by atoms with E-state index in [9.17, 15) is 19.5 Å². The Morgan fingerprint density at radius 3 is 2.14 bits per heavy atom. The number of nitrogens with one attached hydrogen (secondary N) is 2. The summed E-state index contributed by atoms with van der Waals surface area (Å²) in [6.07, 6.45) is 0.673. The molecule has 0 saturated carbocycles.